The van der Waals surface area contributed by atoms with Gasteiger partial charge in [-0.15, -0.1) is 0 Å². The van der Waals surface area contributed by atoms with Crippen LogP contribution in [-0.4, -0.2) is 132 Å². The van der Waals surface area contributed by atoms with Crippen molar-refractivity contribution in [3.63, 3.8) is 0 Å². The van der Waals surface area contributed by atoms with E-state index >= 15 is 0 Å². The highest BCUT2D eigenvalue weighted by Crippen LogP contribution is 2.27. The fraction of sp³-hybridized carbons (Fsp3) is 0.457. The van der Waals surface area contributed by atoms with E-state index in [1.165, 1.54) is 58.6 Å². The largest absolute Gasteiger partial charge is 0.868 e. The maximum Gasteiger partial charge on any atom is 0.333 e. The number of hydrogen-bond acceptors (Lipinski definition) is 11. The van der Waals surface area contributed by atoms with Gasteiger partial charge in [0.25, 0.3) is 5.69 Å². The van der Waals surface area contributed by atoms with Gasteiger partial charge in [0, 0.05) is 65.2 Å². The SMILES string of the molecule is CC[C@H]1NC(=O)[C@@H](NC(=O)c2c([O-])ccc[n+]2C)[C@@H](C)OC(=O)[C@H](c2ccccc2)NC(=O)[C@@H]2CC(=O)CCN2C(=O)[C@H](Cc2ccc(N(C)C)cc2)N(C)C(=O)[C@@H]2CCCN2C1=O. The van der Waals surface area contributed by atoms with E-state index in [2.05, 4.69) is 16.0 Å². The number of hydrogen-bond donors (Lipinski definition) is 3. The number of amides is 6. The highest BCUT2D eigenvalue weighted by Gasteiger charge is 2.46. The van der Waals surface area contributed by atoms with Crippen LogP contribution in [0.4, 0.5) is 5.69 Å². The van der Waals surface area contributed by atoms with Crippen molar-refractivity contribution >= 4 is 52.9 Å². The molecule has 3 N–H and O–H groups in total. The Hall–Kier alpha value is -6.85. The summed E-state index contributed by atoms with van der Waals surface area (Å²) in [4.78, 5) is 120. The summed E-state index contributed by atoms with van der Waals surface area (Å²) in [5.41, 5.74) is 1.55. The monoisotopic (exact) mass is 880 g/mol. The van der Waals surface area contributed by atoms with E-state index in [0.717, 1.165) is 5.69 Å². The summed E-state index contributed by atoms with van der Waals surface area (Å²) >= 11 is 0. The predicted octanol–water partition coefficient (Wildman–Crippen LogP) is 0.0675. The highest BCUT2D eigenvalue weighted by atomic mass is 16.5. The van der Waals surface area contributed by atoms with Crippen LogP contribution in [0.2, 0.25) is 0 Å². The van der Waals surface area contributed by atoms with Crippen molar-refractivity contribution in [1.82, 2.24) is 30.7 Å². The van der Waals surface area contributed by atoms with Crippen LogP contribution in [0.15, 0.2) is 72.9 Å². The minimum atomic E-state index is -1.69. The lowest BCUT2D eigenvalue weighted by atomic mass is 9.95. The van der Waals surface area contributed by atoms with Crippen molar-refractivity contribution in [3.8, 4) is 5.75 Å². The number of carbonyl (C=O) groups excluding carboxylic acids is 8. The normalized spacial score (nSPS) is 25.2. The molecule has 0 unspecified atom stereocenters. The van der Waals surface area contributed by atoms with Gasteiger partial charge in [-0.05, 0) is 55.2 Å². The zero-order valence-corrected chi connectivity index (χ0v) is 36.9. The third-order valence-electron chi connectivity index (χ3n) is 12.2. The summed E-state index contributed by atoms with van der Waals surface area (Å²) in [6.07, 6.45) is 0.367. The van der Waals surface area contributed by atoms with Crippen molar-refractivity contribution in [2.45, 2.75) is 94.7 Å². The molecule has 18 heteroatoms. The number of aryl methyl sites for hydroxylation is 1. The van der Waals surface area contributed by atoms with E-state index in [0.29, 0.717) is 12.0 Å². The number of carbonyl (C=O) groups is 8. The molecule has 3 fully saturated rings. The molecule has 18 nitrogen and oxygen atoms in total. The molecule has 340 valence electrons. The van der Waals surface area contributed by atoms with E-state index in [9.17, 15) is 43.5 Å². The Kier molecular flexibility index (Phi) is 14.7. The lowest BCUT2D eigenvalue weighted by Gasteiger charge is -2.40. The lowest BCUT2D eigenvalue weighted by molar-refractivity contribution is -0.676. The van der Waals surface area contributed by atoms with E-state index in [1.54, 1.807) is 37.3 Å². The number of benzene rings is 2. The highest BCUT2D eigenvalue weighted by molar-refractivity contribution is 6.01. The summed E-state index contributed by atoms with van der Waals surface area (Å²) < 4.78 is 7.15. The van der Waals surface area contributed by atoms with Gasteiger partial charge in [0.15, 0.2) is 12.2 Å². The van der Waals surface area contributed by atoms with Gasteiger partial charge in [-0.25, -0.2) is 4.79 Å². The van der Waals surface area contributed by atoms with Gasteiger partial charge in [0.05, 0.1) is 0 Å². The molecule has 0 bridgehead atoms. The number of nitrogens with zero attached hydrogens (tertiary/aromatic N) is 5. The van der Waals surface area contributed by atoms with Crippen molar-refractivity contribution in [2.75, 3.05) is 39.1 Å². The van der Waals surface area contributed by atoms with Gasteiger partial charge in [-0.2, -0.15) is 4.57 Å². The van der Waals surface area contributed by atoms with Crippen LogP contribution in [0.25, 0.3) is 0 Å². The van der Waals surface area contributed by atoms with Crippen molar-refractivity contribution in [1.29, 1.82) is 0 Å². The van der Waals surface area contributed by atoms with Gasteiger partial charge in [0.1, 0.15) is 49.1 Å². The van der Waals surface area contributed by atoms with E-state index < -0.39 is 89.5 Å². The first-order chi connectivity index (χ1) is 30.5. The van der Waals surface area contributed by atoms with Gasteiger partial charge < -0.3 is 45.4 Å². The number of pyridine rings is 1. The number of piperidine rings is 1. The molecule has 0 radical (unpaired) electrons. The van der Waals surface area contributed by atoms with Crippen LogP contribution >= 0.6 is 0 Å². The molecule has 1 aromatic heterocycles. The summed E-state index contributed by atoms with van der Waals surface area (Å²) in [6, 6.07) is 10.0. The first kappa shape index (κ1) is 46.6. The summed E-state index contributed by atoms with van der Waals surface area (Å²) in [5.74, 6) is -6.46. The average Bonchev–Trinajstić information content (AvgIpc) is 3.77. The first-order valence-electron chi connectivity index (χ1n) is 21.5. The Balaban J connectivity index is 1.44. The van der Waals surface area contributed by atoms with Crippen molar-refractivity contribution < 1.29 is 52.8 Å². The number of rotatable bonds is 7. The van der Waals surface area contributed by atoms with Crippen LogP contribution in [-0.2, 0) is 51.8 Å². The zero-order valence-electron chi connectivity index (χ0n) is 36.9. The standard InChI is InChI=1S/C46H56N8O10/c1-7-32-43(60)53-23-11-15-33(53)44(61)52(6)35(25-28-17-19-30(20-18-28)50(3)4)45(62)54-24-21-31(55)26-34(54)40(57)49-38(29-13-9-8-10-14-29)46(63)64-27(2)37(41(58)47-32)48-42(59)39-36(56)16-12-22-51(39)5/h8-10,12-14,16-20,22,27,32-35,37-38H,7,11,15,21,23-26H2,1-6H3,(H3-,47,48,49,56,57,58,59)/t27-,32-,33+,34+,35+,37+,38+/m1/s1. The number of anilines is 1. The molecular weight excluding hydrogens is 825 g/mol. The Morgan fingerprint density at radius 2 is 1.56 bits per heavy atom. The van der Waals surface area contributed by atoms with E-state index in [-0.39, 0.29) is 62.2 Å². The molecule has 6 amide bonds. The predicted molar refractivity (Wildman–Crippen MR) is 229 cm³/mol. The van der Waals surface area contributed by atoms with Gasteiger partial charge >= 0.3 is 11.9 Å². The van der Waals surface area contributed by atoms with Crippen molar-refractivity contribution in [3.05, 3.63) is 89.7 Å². The molecule has 2 aromatic carbocycles. The molecule has 64 heavy (non-hydrogen) atoms. The number of cyclic esters (lactones) is 1. The molecule has 3 aliphatic heterocycles. The minimum absolute atomic E-state index is 0.0285. The molecule has 0 aliphatic carbocycles. The summed E-state index contributed by atoms with van der Waals surface area (Å²) in [6.45, 7) is 3.02. The van der Waals surface area contributed by atoms with Crippen LogP contribution in [0.1, 0.15) is 73.6 Å². The Morgan fingerprint density at radius 1 is 0.875 bits per heavy atom. The fourth-order valence-electron chi connectivity index (χ4n) is 8.48. The number of esters is 1. The maximum atomic E-state index is 15.0. The zero-order chi connectivity index (χ0) is 46.4. The second kappa shape index (κ2) is 20.1. The number of nitrogens with one attached hydrogen (secondary N) is 3. The maximum absolute atomic E-state index is 15.0. The van der Waals surface area contributed by atoms with Crippen LogP contribution < -0.4 is 30.5 Å². The second-order valence-electron chi connectivity index (χ2n) is 16.7. The number of likely N-dealkylation sites (N-methyl/N-ethyl adjacent to an activating group) is 1. The van der Waals surface area contributed by atoms with Crippen molar-refractivity contribution in [2.24, 2.45) is 7.05 Å². The van der Waals surface area contributed by atoms with Crippen LogP contribution in [0.5, 0.6) is 5.75 Å². The molecule has 3 saturated heterocycles. The van der Waals surface area contributed by atoms with E-state index in [4.69, 9.17) is 4.74 Å². The van der Waals surface area contributed by atoms with Gasteiger partial charge in [0.2, 0.25) is 29.5 Å². The quantitative estimate of drug-likeness (QED) is 0.213. The summed E-state index contributed by atoms with van der Waals surface area (Å²) in [7, 11) is 6.72. The molecule has 0 saturated carbocycles. The van der Waals surface area contributed by atoms with Crippen LogP contribution in [0.3, 0.4) is 0 Å². The van der Waals surface area contributed by atoms with Gasteiger partial charge in [-0.1, -0.05) is 55.5 Å². The smallest absolute Gasteiger partial charge is 0.333 e. The van der Waals surface area contributed by atoms with Crippen LogP contribution in [0, 0.1) is 0 Å². The Labute approximate surface area is 371 Å². The van der Waals surface area contributed by atoms with E-state index in [1.807, 2.05) is 43.3 Å². The Bertz CT molecular complexity index is 2250. The average molecular weight is 881 g/mol. The Morgan fingerprint density at radius 3 is 2.22 bits per heavy atom. The third kappa shape index (κ3) is 10.2. The molecule has 3 aliphatic rings. The lowest BCUT2D eigenvalue weighted by Crippen LogP contribution is -2.61. The third-order valence-corrected chi connectivity index (χ3v) is 12.2. The molecule has 4 heterocycles. The molecule has 3 aromatic rings. The summed E-state index contributed by atoms with van der Waals surface area (Å²) in [5, 5.41) is 20.7. The molecule has 7 atom stereocenters. The van der Waals surface area contributed by atoms with Gasteiger partial charge in [-0.3, -0.25) is 33.6 Å². The number of Topliss-reactive ketones (excluding diaryl/α,β-unsaturated/α-hetero) is 1. The molecule has 0 spiro atoms. The topological polar surface area (TPSA) is 222 Å². The number of ketones is 1. The minimum Gasteiger partial charge on any atom is -0.868 e. The first-order valence-corrected chi connectivity index (χ1v) is 21.5. The second-order valence-corrected chi connectivity index (χ2v) is 16.7. The molecule has 6 rings (SSSR count). The number of fused-ring (bicyclic) bond motifs is 2. The molecular formula is C46H56N8O10. The number of ether oxygens (including phenoxy) is 1. The fourth-order valence-corrected chi connectivity index (χ4v) is 8.48. The number of aromatic nitrogens is 1.